The van der Waals surface area contributed by atoms with E-state index in [2.05, 4.69) is 17.2 Å². The summed E-state index contributed by atoms with van der Waals surface area (Å²) in [5, 5.41) is 3.27. The minimum Gasteiger partial charge on any atom is -0.497 e. The molecule has 1 aromatic rings. The molecular weight excluding hydrogens is 238 g/mol. The second kappa shape index (κ2) is 6.82. The summed E-state index contributed by atoms with van der Waals surface area (Å²) >= 11 is 5.99. The van der Waals surface area contributed by atoms with Crippen molar-refractivity contribution in [1.82, 2.24) is 5.32 Å². The molecule has 1 amide bonds. The summed E-state index contributed by atoms with van der Waals surface area (Å²) in [6.45, 7) is 2.02. The van der Waals surface area contributed by atoms with Crippen LogP contribution in [0.5, 0.6) is 5.75 Å². The van der Waals surface area contributed by atoms with Gasteiger partial charge in [-0.2, -0.15) is 0 Å². The van der Waals surface area contributed by atoms with Crippen molar-refractivity contribution in [2.75, 3.05) is 13.7 Å². The molecule has 17 heavy (non-hydrogen) atoms. The van der Waals surface area contributed by atoms with Crippen LogP contribution in [0.1, 0.15) is 18.9 Å². The van der Waals surface area contributed by atoms with Gasteiger partial charge in [0.05, 0.1) is 12.1 Å². The first-order valence-corrected chi connectivity index (χ1v) is 5.58. The van der Waals surface area contributed by atoms with Crippen molar-refractivity contribution >= 4 is 17.5 Å². The van der Waals surface area contributed by atoms with E-state index in [1.807, 2.05) is 0 Å². The second-order valence-electron chi connectivity index (χ2n) is 3.38. The second-order valence-corrected chi connectivity index (χ2v) is 3.79. The normalized spacial score (nSPS) is 9.12. The fraction of sp³-hybridized carbons (Fsp3) is 0.308. The zero-order valence-electron chi connectivity index (χ0n) is 9.84. The van der Waals surface area contributed by atoms with Gasteiger partial charge in [0.2, 0.25) is 5.91 Å². The summed E-state index contributed by atoms with van der Waals surface area (Å²) in [4.78, 5) is 10.6. The van der Waals surface area contributed by atoms with Crippen LogP contribution in [0.15, 0.2) is 18.2 Å². The van der Waals surface area contributed by atoms with Gasteiger partial charge in [0.1, 0.15) is 5.75 Å². The fourth-order valence-corrected chi connectivity index (χ4v) is 1.35. The lowest BCUT2D eigenvalue weighted by atomic mass is 10.2. The van der Waals surface area contributed by atoms with E-state index in [1.165, 1.54) is 6.92 Å². The van der Waals surface area contributed by atoms with Gasteiger partial charge in [-0.25, -0.2) is 0 Å². The lowest BCUT2D eigenvalue weighted by molar-refractivity contribution is -0.118. The number of hydrogen-bond donors (Lipinski definition) is 1. The third-order valence-electron chi connectivity index (χ3n) is 2.02. The van der Waals surface area contributed by atoms with Crippen molar-refractivity contribution in [1.29, 1.82) is 0 Å². The summed E-state index contributed by atoms with van der Waals surface area (Å²) in [5.74, 6) is 6.57. The summed E-state index contributed by atoms with van der Waals surface area (Å²) in [5.41, 5.74) is 0.730. The highest BCUT2D eigenvalue weighted by atomic mass is 35.5. The third kappa shape index (κ3) is 4.80. The van der Waals surface area contributed by atoms with Gasteiger partial charge in [0.15, 0.2) is 0 Å². The molecule has 3 nitrogen and oxygen atoms in total. The number of carbonyl (C=O) groups is 1. The minimum absolute atomic E-state index is 0.0498. The summed E-state index contributed by atoms with van der Waals surface area (Å²) in [6, 6.07) is 5.32. The number of halogens is 1. The van der Waals surface area contributed by atoms with Crippen LogP contribution in [-0.4, -0.2) is 19.6 Å². The van der Waals surface area contributed by atoms with Crippen LogP contribution in [0.25, 0.3) is 0 Å². The number of carbonyl (C=O) groups excluding carboxylic acids is 1. The highest BCUT2D eigenvalue weighted by molar-refractivity contribution is 6.31. The molecule has 4 heteroatoms. The zero-order valence-corrected chi connectivity index (χ0v) is 10.6. The maximum Gasteiger partial charge on any atom is 0.216 e. The Hall–Kier alpha value is -1.66. The highest BCUT2D eigenvalue weighted by Crippen LogP contribution is 2.20. The van der Waals surface area contributed by atoms with Gasteiger partial charge in [-0.1, -0.05) is 23.4 Å². The summed E-state index contributed by atoms with van der Waals surface area (Å²) in [6.07, 6.45) is 0.590. The molecule has 1 N–H and O–H groups in total. The Kier molecular flexibility index (Phi) is 5.38. The lowest BCUT2D eigenvalue weighted by Crippen LogP contribution is -2.20. The van der Waals surface area contributed by atoms with Crippen LogP contribution in [0.2, 0.25) is 5.02 Å². The molecule has 0 saturated carbocycles. The van der Waals surface area contributed by atoms with Gasteiger partial charge in [-0.15, -0.1) is 0 Å². The predicted molar refractivity (Wildman–Crippen MR) is 68.2 cm³/mol. The van der Waals surface area contributed by atoms with Gasteiger partial charge in [0, 0.05) is 25.5 Å². The molecule has 0 radical (unpaired) electrons. The van der Waals surface area contributed by atoms with E-state index in [-0.39, 0.29) is 5.91 Å². The van der Waals surface area contributed by atoms with E-state index in [9.17, 15) is 4.79 Å². The molecule has 0 spiro atoms. The molecule has 0 heterocycles. The molecule has 0 aliphatic heterocycles. The Bertz CT molecular complexity index is 460. The molecule has 1 rings (SSSR count). The van der Waals surface area contributed by atoms with E-state index in [4.69, 9.17) is 16.3 Å². The molecule has 0 unspecified atom stereocenters. The Morgan fingerprint density at radius 1 is 1.53 bits per heavy atom. The van der Waals surface area contributed by atoms with Crippen LogP contribution in [-0.2, 0) is 4.79 Å². The fourth-order valence-electron chi connectivity index (χ4n) is 1.19. The molecular formula is C13H14ClNO2. The Morgan fingerprint density at radius 2 is 2.29 bits per heavy atom. The van der Waals surface area contributed by atoms with Crippen molar-refractivity contribution < 1.29 is 9.53 Å². The first-order valence-electron chi connectivity index (χ1n) is 5.20. The number of nitrogens with one attached hydrogen (secondary N) is 1. The number of benzene rings is 1. The molecule has 90 valence electrons. The highest BCUT2D eigenvalue weighted by Gasteiger charge is 1.98. The van der Waals surface area contributed by atoms with Crippen molar-refractivity contribution in [2.45, 2.75) is 13.3 Å². The van der Waals surface area contributed by atoms with Crippen LogP contribution >= 0.6 is 11.6 Å². The van der Waals surface area contributed by atoms with Gasteiger partial charge in [0.25, 0.3) is 0 Å². The quantitative estimate of drug-likeness (QED) is 0.661. The van der Waals surface area contributed by atoms with Gasteiger partial charge < -0.3 is 10.1 Å². The standard InChI is InChI=1S/C13H14ClNO2/c1-10(16)15-8-4-3-5-11-9-12(17-2)6-7-13(11)14/h6-7,9H,4,8H2,1-2H3,(H,15,16). The molecule has 0 atom stereocenters. The SMILES string of the molecule is COc1ccc(Cl)c(C#CCCNC(C)=O)c1. The van der Waals surface area contributed by atoms with Gasteiger partial charge in [-0.05, 0) is 18.2 Å². The number of rotatable bonds is 3. The van der Waals surface area contributed by atoms with Crippen LogP contribution in [0.4, 0.5) is 0 Å². The summed E-state index contributed by atoms with van der Waals surface area (Å²) in [7, 11) is 1.59. The van der Waals surface area contributed by atoms with Crippen molar-refractivity contribution in [3.05, 3.63) is 28.8 Å². The smallest absolute Gasteiger partial charge is 0.216 e. The number of ether oxygens (including phenoxy) is 1. The molecule has 0 aromatic heterocycles. The minimum atomic E-state index is -0.0498. The van der Waals surface area contributed by atoms with E-state index < -0.39 is 0 Å². The number of methoxy groups -OCH3 is 1. The van der Waals surface area contributed by atoms with Crippen molar-refractivity contribution in [3.8, 4) is 17.6 Å². The number of hydrogen-bond acceptors (Lipinski definition) is 2. The van der Waals surface area contributed by atoms with Crippen LogP contribution < -0.4 is 10.1 Å². The van der Waals surface area contributed by atoms with E-state index in [0.29, 0.717) is 18.0 Å². The predicted octanol–water partition coefficient (Wildman–Crippen LogP) is 2.23. The largest absolute Gasteiger partial charge is 0.497 e. The van der Waals surface area contributed by atoms with Crippen LogP contribution in [0, 0.1) is 11.8 Å². The molecule has 0 saturated heterocycles. The lowest BCUT2D eigenvalue weighted by Gasteiger charge is -2.01. The Morgan fingerprint density at radius 3 is 2.94 bits per heavy atom. The first-order chi connectivity index (χ1) is 8.13. The van der Waals surface area contributed by atoms with E-state index >= 15 is 0 Å². The molecule has 0 aliphatic rings. The van der Waals surface area contributed by atoms with Crippen molar-refractivity contribution in [3.63, 3.8) is 0 Å². The first kappa shape index (κ1) is 13.4. The molecule has 0 fully saturated rings. The Labute approximate surface area is 106 Å². The van der Waals surface area contributed by atoms with E-state index in [0.717, 1.165) is 11.3 Å². The molecule has 0 bridgehead atoms. The number of amides is 1. The summed E-state index contributed by atoms with van der Waals surface area (Å²) < 4.78 is 5.09. The maximum atomic E-state index is 10.6. The zero-order chi connectivity index (χ0) is 12.7. The maximum absolute atomic E-state index is 10.6. The Balaban J connectivity index is 2.61. The molecule has 1 aromatic carbocycles. The van der Waals surface area contributed by atoms with Gasteiger partial charge in [-0.3, -0.25) is 4.79 Å². The average molecular weight is 252 g/mol. The van der Waals surface area contributed by atoms with E-state index in [1.54, 1.807) is 25.3 Å². The third-order valence-corrected chi connectivity index (χ3v) is 2.35. The van der Waals surface area contributed by atoms with Crippen LogP contribution in [0.3, 0.4) is 0 Å². The average Bonchev–Trinajstić information content (AvgIpc) is 2.30. The monoisotopic (exact) mass is 251 g/mol. The van der Waals surface area contributed by atoms with Gasteiger partial charge >= 0.3 is 0 Å². The molecule has 0 aliphatic carbocycles. The topological polar surface area (TPSA) is 38.3 Å². The van der Waals surface area contributed by atoms with Crippen molar-refractivity contribution in [2.24, 2.45) is 0 Å².